The molecule has 17 nitrogen and oxygen atoms in total. The maximum atomic E-state index is 10.7. The summed E-state index contributed by atoms with van der Waals surface area (Å²) in [6.07, 6.45) is 2.75. The van der Waals surface area contributed by atoms with E-state index >= 15 is 0 Å². The molecule has 4 unspecified atom stereocenters. The monoisotopic (exact) mass is 763 g/mol. The zero-order valence-corrected chi connectivity index (χ0v) is 32.7. The van der Waals surface area contributed by atoms with Gasteiger partial charge in [0.1, 0.15) is 0 Å². The lowest BCUT2D eigenvalue weighted by atomic mass is 10.0. The van der Waals surface area contributed by atoms with Crippen molar-refractivity contribution >= 4 is 17.6 Å². The molecule has 0 saturated heterocycles. The van der Waals surface area contributed by atoms with E-state index in [9.17, 15) is 15.3 Å². The lowest BCUT2D eigenvalue weighted by Crippen LogP contribution is -2.44. The van der Waals surface area contributed by atoms with Crippen molar-refractivity contribution in [3.63, 3.8) is 0 Å². The van der Waals surface area contributed by atoms with Gasteiger partial charge in [0.25, 0.3) is 17.6 Å². The summed E-state index contributed by atoms with van der Waals surface area (Å²) in [6.45, 7) is 11.7. The number of hydrogen-bond donors (Lipinski definition) is 12. The molecule has 0 saturated carbocycles. The Morgan fingerprint density at radius 2 is 1.06 bits per heavy atom. The van der Waals surface area contributed by atoms with Gasteiger partial charge in [-0.3, -0.25) is 9.80 Å². The van der Waals surface area contributed by atoms with Crippen LogP contribution in [0.15, 0.2) is 0 Å². The summed E-state index contributed by atoms with van der Waals surface area (Å²) in [6, 6.07) is -0.231. The molecule has 0 amide bonds. The minimum atomic E-state index is -4.10. The molecule has 13 N–H and O–H groups in total. The van der Waals surface area contributed by atoms with Crippen molar-refractivity contribution in [2.24, 2.45) is 11.7 Å². The fourth-order valence-electron chi connectivity index (χ4n) is 5.22. The normalized spacial score (nSPS) is 15.2. The molecular formula is C31H73N5O12Si2-2. The number of aliphatic hydroxyl groups excluding tert-OH is 3. The fraction of sp³-hybridized carbons (Fsp3) is 1.00. The largest absolute Gasteiger partial charge is 0.539 e. The van der Waals surface area contributed by atoms with Gasteiger partial charge < -0.3 is 74.7 Å². The average molecular weight is 764 g/mol. The van der Waals surface area contributed by atoms with Crippen molar-refractivity contribution in [1.29, 1.82) is 0 Å². The van der Waals surface area contributed by atoms with Crippen LogP contribution in [0.1, 0.15) is 52.4 Å². The first kappa shape index (κ1) is 49.8. The van der Waals surface area contributed by atoms with Crippen LogP contribution >= 0.6 is 0 Å². The highest BCUT2D eigenvalue weighted by Gasteiger charge is 2.18. The molecule has 304 valence electrons. The second-order valence-corrected chi connectivity index (χ2v) is 17.3. The summed E-state index contributed by atoms with van der Waals surface area (Å²) in [5.74, 6) is 0.476. The molecule has 50 heavy (non-hydrogen) atoms. The third-order valence-corrected chi connectivity index (χ3v) is 10.0. The highest BCUT2D eigenvalue weighted by molar-refractivity contribution is 6.56. The van der Waals surface area contributed by atoms with Crippen molar-refractivity contribution in [1.82, 2.24) is 20.4 Å². The number of ether oxygens (including phenoxy) is 3. The zero-order valence-electron chi connectivity index (χ0n) is 30.7. The van der Waals surface area contributed by atoms with Gasteiger partial charge in [0.2, 0.25) is 0 Å². The van der Waals surface area contributed by atoms with Gasteiger partial charge in [0, 0.05) is 91.8 Å². The molecule has 0 spiro atoms. The molecule has 0 heterocycles. The molecule has 0 aromatic rings. The fourth-order valence-corrected chi connectivity index (χ4v) is 6.46. The third-order valence-electron chi connectivity index (χ3n) is 7.97. The quantitative estimate of drug-likeness (QED) is 0.0218. The van der Waals surface area contributed by atoms with E-state index in [4.69, 9.17) is 48.7 Å². The van der Waals surface area contributed by atoms with Gasteiger partial charge in [0.05, 0.1) is 38.1 Å². The average Bonchev–Trinajstić information content (AvgIpc) is 3.02. The smallest absolute Gasteiger partial charge is 0.273 e. The lowest BCUT2D eigenvalue weighted by molar-refractivity contribution is -0.0158. The van der Waals surface area contributed by atoms with E-state index in [1.54, 1.807) is 0 Å². The van der Waals surface area contributed by atoms with Crippen LogP contribution in [-0.4, -0.2) is 201 Å². The molecule has 0 radical (unpaired) electrons. The number of rotatable bonds is 37. The van der Waals surface area contributed by atoms with Gasteiger partial charge in [-0.1, -0.05) is 58.0 Å². The summed E-state index contributed by atoms with van der Waals surface area (Å²) in [4.78, 5) is 58.5. The highest BCUT2D eigenvalue weighted by Crippen LogP contribution is 2.13. The summed E-state index contributed by atoms with van der Waals surface area (Å²) in [7, 11) is -8.16. The van der Waals surface area contributed by atoms with E-state index < -0.39 is 35.9 Å². The van der Waals surface area contributed by atoms with Crippen LogP contribution in [0.25, 0.3) is 0 Å². The van der Waals surface area contributed by atoms with Gasteiger partial charge >= 0.3 is 0 Å². The molecule has 0 rings (SSSR count). The Kier molecular flexibility index (Phi) is 31.0. The van der Waals surface area contributed by atoms with E-state index in [1.165, 1.54) is 0 Å². The van der Waals surface area contributed by atoms with Crippen LogP contribution in [0.2, 0.25) is 12.1 Å². The lowest BCUT2D eigenvalue weighted by Gasteiger charge is -2.28. The van der Waals surface area contributed by atoms with E-state index in [2.05, 4.69) is 24.5 Å². The van der Waals surface area contributed by atoms with Gasteiger partial charge in [-0.05, 0) is 12.3 Å². The molecule has 0 fully saturated rings. The van der Waals surface area contributed by atoms with E-state index in [-0.39, 0.29) is 58.1 Å². The van der Waals surface area contributed by atoms with Crippen molar-refractivity contribution < 1.29 is 58.3 Å². The van der Waals surface area contributed by atoms with Crippen LogP contribution in [-0.2, 0) is 14.2 Å². The minimum absolute atomic E-state index is 0.0415. The predicted octanol–water partition coefficient (Wildman–Crippen LogP) is -3.31. The van der Waals surface area contributed by atoms with Gasteiger partial charge in [0.15, 0.2) is 0 Å². The second-order valence-electron chi connectivity index (χ2n) is 13.2. The van der Waals surface area contributed by atoms with Crippen molar-refractivity contribution in [3.8, 4) is 0 Å². The summed E-state index contributed by atoms with van der Waals surface area (Å²) < 4.78 is 16.7. The number of nitrogens with two attached hydrogens (primary N) is 1. The van der Waals surface area contributed by atoms with Gasteiger partial charge in [-0.15, -0.1) is 0 Å². The molecule has 0 aliphatic rings. The van der Waals surface area contributed by atoms with Crippen LogP contribution < -0.4 is 16.4 Å². The molecular weight excluding hydrogens is 691 g/mol. The Hall–Kier alpha value is -0.246. The summed E-state index contributed by atoms with van der Waals surface area (Å²) in [5, 5.41) is 38.3. The minimum Gasteiger partial charge on any atom is -0.539 e. The zero-order chi connectivity index (χ0) is 37.7. The van der Waals surface area contributed by atoms with Crippen molar-refractivity contribution in [2.45, 2.75) is 82.8 Å². The predicted molar refractivity (Wildman–Crippen MR) is 195 cm³/mol. The van der Waals surface area contributed by atoms with Crippen LogP contribution in [0, 0.1) is 5.92 Å². The number of hydrogen-bond acceptors (Lipinski definition) is 17. The number of nitrogens with one attached hydrogen (secondary N) is 2. The third kappa shape index (κ3) is 33.6. The summed E-state index contributed by atoms with van der Waals surface area (Å²) in [5.41, 5.74) is 5.74. The first-order valence-electron chi connectivity index (χ1n) is 18.4. The Labute approximate surface area is 302 Å². The second kappa shape index (κ2) is 31.1. The highest BCUT2D eigenvalue weighted by atomic mass is 28.4. The van der Waals surface area contributed by atoms with E-state index in [0.29, 0.717) is 84.4 Å². The maximum Gasteiger partial charge on any atom is 0.273 e. The number of aliphatic hydroxyl groups is 3. The van der Waals surface area contributed by atoms with Crippen LogP contribution in [0.4, 0.5) is 0 Å². The Balaban J connectivity index is 4.53. The Bertz CT molecular complexity index is 762. The first-order valence-corrected chi connectivity index (χ1v) is 22.5. The first-order chi connectivity index (χ1) is 23.7. The Morgan fingerprint density at radius 3 is 1.50 bits per heavy atom. The molecule has 0 aliphatic carbocycles. The molecule has 0 aromatic carbocycles. The van der Waals surface area contributed by atoms with Crippen LogP contribution in [0.5, 0.6) is 0 Å². The number of nitrogens with zero attached hydrogens (tertiary/aromatic N) is 2. The Morgan fingerprint density at radius 1 is 0.600 bits per heavy atom. The van der Waals surface area contributed by atoms with Gasteiger partial charge in [-0.2, -0.15) is 0 Å². The summed E-state index contributed by atoms with van der Waals surface area (Å²) >= 11 is 0. The molecule has 0 aromatic heterocycles. The van der Waals surface area contributed by atoms with Crippen LogP contribution in [0.3, 0.4) is 0 Å². The van der Waals surface area contributed by atoms with E-state index in [1.807, 2.05) is 9.80 Å². The molecule has 19 heteroatoms. The van der Waals surface area contributed by atoms with Crippen molar-refractivity contribution in [3.05, 3.63) is 0 Å². The van der Waals surface area contributed by atoms with E-state index in [0.717, 1.165) is 25.7 Å². The topological polar surface area (TPSA) is 266 Å². The standard InChI is InChI=1S/C31H73N5O12Si2/c1-3-5-8-28(4-2)24-48-27-31(39)23-36(22-30(38)26-47-18-7-20-50(43,44)45)16-13-34-11-10-33-12-15-35(14-9-32)21-29(37)25-46-17-6-19-49(40,41)42/h28-31,33-34,37-45H,3-27,32H2,1-2H3/q-2. The van der Waals surface area contributed by atoms with Gasteiger partial charge in [-0.25, -0.2) is 0 Å². The molecule has 4 atom stereocenters. The van der Waals surface area contributed by atoms with Crippen molar-refractivity contribution in [2.75, 3.05) is 112 Å². The molecule has 0 aliphatic heterocycles. The maximum absolute atomic E-state index is 10.7. The SMILES string of the molecule is CCCCC(CC)COCC(O)CN(CCNCCNCCN(CCN)CC(O)COCCC[Si-](O)(O)O)CC(O)COCCC[Si-](O)(O)O. The number of unbranched alkanes of at least 4 members (excludes halogenated alkanes) is 1. The molecule has 0 bridgehead atoms.